The number of nitrogens with two attached hydrogens (primary N) is 1. The van der Waals surface area contributed by atoms with E-state index < -0.39 is 17.8 Å². The first-order chi connectivity index (χ1) is 12.8. The van der Waals surface area contributed by atoms with Gasteiger partial charge in [-0.05, 0) is 36.4 Å². The molecule has 0 radical (unpaired) electrons. The first-order valence-electron chi connectivity index (χ1n) is 7.53. The Balaban J connectivity index is 2.19. The van der Waals surface area contributed by atoms with Crippen LogP contribution in [-0.4, -0.2) is 24.9 Å². The number of carbonyl (C=O) groups excluding carboxylic acids is 3. The number of methoxy groups -OCH3 is 1. The molecule has 0 aliphatic heterocycles. The maximum atomic E-state index is 12.9. The summed E-state index contributed by atoms with van der Waals surface area (Å²) in [6.07, 6.45) is 0. The van der Waals surface area contributed by atoms with E-state index in [9.17, 15) is 14.4 Å². The number of fused-ring (bicyclic) bond motifs is 1. The van der Waals surface area contributed by atoms with Crippen LogP contribution in [0.3, 0.4) is 0 Å². The Morgan fingerprint density at radius 3 is 2.48 bits per heavy atom. The van der Waals surface area contributed by atoms with Gasteiger partial charge in [0, 0.05) is 16.0 Å². The SMILES string of the molecule is COC(=O)c1ccc2c(NC(N)=O)c(C(=O)c3ccc(Cl)cc3Cl)oc2c1. The van der Waals surface area contributed by atoms with Crippen molar-refractivity contribution in [3.05, 3.63) is 63.3 Å². The van der Waals surface area contributed by atoms with E-state index in [1.807, 2.05) is 0 Å². The number of carbonyl (C=O) groups is 3. The molecule has 0 aliphatic rings. The molecule has 1 aromatic heterocycles. The molecule has 1 heterocycles. The molecule has 0 bridgehead atoms. The summed E-state index contributed by atoms with van der Waals surface area (Å²) in [5.41, 5.74) is 5.82. The van der Waals surface area contributed by atoms with Crippen LogP contribution in [0.1, 0.15) is 26.5 Å². The molecule has 3 rings (SSSR count). The molecule has 27 heavy (non-hydrogen) atoms. The zero-order valence-corrected chi connectivity index (χ0v) is 15.4. The van der Waals surface area contributed by atoms with E-state index in [4.69, 9.17) is 33.4 Å². The van der Waals surface area contributed by atoms with Crippen molar-refractivity contribution in [2.45, 2.75) is 0 Å². The van der Waals surface area contributed by atoms with E-state index in [-0.39, 0.29) is 33.2 Å². The molecule has 9 heteroatoms. The summed E-state index contributed by atoms with van der Waals surface area (Å²) in [7, 11) is 1.24. The molecule has 0 atom stereocenters. The van der Waals surface area contributed by atoms with E-state index in [2.05, 4.69) is 10.1 Å². The van der Waals surface area contributed by atoms with E-state index >= 15 is 0 Å². The summed E-state index contributed by atoms with van der Waals surface area (Å²) in [6.45, 7) is 0. The minimum atomic E-state index is -0.883. The van der Waals surface area contributed by atoms with Crippen LogP contribution in [-0.2, 0) is 4.74 Å². The molecule has 3 aromatic rings. The average molecular weight is 407 g/mol. The summed E-state index contributed by atoms with van der Waals surface area (Å²) >= 11 is 12.0. The molecule has 7 nitrogen and oxygen atoms in total. The van der Waals surface area contributed by atoms with E-state index in [1.54, 1.807) is 0 Å². The number of primary amides is 1. The number of esters is 1. The lowest BCUT2D eigenvalue weighted by Crippen LogP contribution is -2.20. The third kappa shape index (κ3) is 3.60. The van der Waals surface area contributed by atoms with Gasteiger partial charge in [0.15, 0.2) is 5.76 Å². The second-order valence-corrected chi connectivity index (χ2v) is 6.29. The third-order valence-electron chi connectivity index (χ3n) is 3.74. The number of hydrogen-bond acceptors (Lipinski definition) is 5. The Morgan fingerprint density at radius 2 is 1.85 bits per heavy atom. The molecule has 0 saturated carbocycles. The fourth-order valence-electron chi connectivity index (χ4n) is 2.54. The van der Waals surface area contributed by atoms with Gasteiger partial charge in [0.05, 0.1) is 17.7 Å². The molecule has 0 fully saturated rings. The Hall–Kier alpha value is -3.03. The first-order valence-corrected chi connectivity index (χ1v) is 8.28. The minimum absolute atomic E-state index is 0.0740. The van der Waals surface area contributed by atoms with Crippen LogP contribution in [0.25, 0.3) is 11.0 Å². The van der Waals surface area contributed by atoms with Crippen LogP contribution in [0.15, 0.2) is 40.8 Å². The third-order valence-corrected chi connectivity index (χ3v) is 4.29. The highest BCUT2D eigenvalue weighted by atomic mass is 35.5. The molecule has 0 unspecified atom stereocenters. The highest BCUT2D eigenvalue weighted by Crippen LogP contribution is 2.34. The van der Waals surface area contributed by atoms with Gasteiger partial charge in [-0.15, -0.1) is 0 Å². The number of ketones is 1. The van der Waals surface area contributed by atoms with Gasteiger partial charge in [-0.1, -0.05) is 23.2 Å². The molecule has 0 spiro atoms. The molecule has 0 aliphatic carbocycles. The lowest BCUT2D eigenvalue weighted by atomic mass is 10.1. The van der Waals surface area contributed by atoms with Crippen molar-refractivity contribution in [1.82, 2.24) is 0 Å². The summed E-state index contributed by atoms with van der Waals surface area (Å²) in [4.78, 5) is 36.0. The number of nitrogens with one attached hydrogen (secondary N) is 1. The van der Waals surface area contributed by atoms with Crippen molar-refractivity contribution in [1.29, 1.82) is 0 Å². The maximum absolute atomic E-state index is 12.9. The quantitative estimate of drug-likeness (QED) is 0.496. The molecule has 2 amide bonds. The van der Waals surface area contributed by atoms with Crippen LogP contribution in [0.2, 0.25) is 10.0 Å². The summed E-state index contributed by atoms with van der Waals surface area (Å²) in [5, 5.41) is 3.24. The van der Waals surface area contributed by atoms with Crippen molar-refractivity contribution in [3.8, 4) is 0 Å². The van der Waals surface area contributed by atoms with Crippen molar-refractivity contribution in [2.75, 3.05) is 12.4 Å². The number of halogens is 2. The smallest absolute Gasteiger partial charge is 0.337 e. The number of benzene rings is 2. The van der Waals surface area contributed by atoms with E-state index in [1.165, 1.54) is 43.5 Å². The predicted molar refractivity (Wildman–Crippen MR) is 101 cm³/mol. The van der Waals surface area contributed by atoms with Crippen LogP contribution in [0.5, 0.6) is 0 Å². The van der Waals surface area contributed by atoms with E-state index in [0.29, 0.717) is 10.4 Å². The van der Waals surface area contributed by atoms with E-state index in [0.717, 1.165) is 0 Å². The largest absolute Gasteiger partial charge is 0.465 e. The van der Waals surface area contributed by atoms with Crippen LogP contribution >= 0.6 is 23.2 Å². The second-order valence-electron chi connectivity index (χ2n) is 5.45. The van der Waals surface area contributed by atoms with Crippen LogP contribution in [0, 0.1) is 0 Å². The number of rotatable bonds is 4. The summed E-state index contributed by atoms with van der Waals surface area (Å²) in [5.74, 6) is -1.35. The summed E-state index contributed by atoms with van der Waals surface area (Å²) in [6, 6.07) is 7.85. The lowest BCUT2D eigenvalue weighted by molar-refractivity contribution is 0.0600. The number of anilines is 1. The standard InChI is InChI=1S/C18H12Cl2N2O5/c1-26-17(24)8-2-4-11-13(6-8)27-16(14(11)22-18(21)25)15(23)10-5-3-9(19)7-12(10)20/h2-7H,1H3,(H3,21,22,25). The van der Waals surface area contributed by atoms with Crippen molar-refractivity contribution >= 4 is 57.6 Å². The molecule has 0 saturated heterocycles. The monoisotopic (exact) mass is 406 g/mol. The van der Waals surface area contributed by atoms with Gasteiger partial charge in [-0.3, -0.25) is 4.79 Å². The van der Waals surface area contributed by atoms with Gasteiger partial charge < -0.3 is 20.2 Å². The fourth-order valence-corrected chi connectivity index (χ4v) is 3.04. The molecule has 2 aromatic carbocycles. The maximum Gasteiger partial charge on any atom is 0.337 e. The van der Waals surface area contributed by atoms with Gasteiger partial charge in [-0.2, -0.15) is 0 Å². The topological polar surface area (TPSA) is 112 Å². The van der Waals surface area contributed by atoms with Gasteiger partial charge >= 0.3 is 12.0 Å². The zero-order valence-electron chi connectivity index (χ0n) is 13.8. The fraction of sp³-hybridized carbons (Fsp3) is 0.0556. The predicted octanol–water partition coefficient (Wildman–Crippen LogP) is 4.25. The first kappa shape index (κ1) is 18.8. The Morgan fingerprint density at radius 1 is 1.11 bits per heavy atom. The number of hydrogen-bond donors (Lipinski definition) is 2. The van der Waals surface area contributed by atoms with Crippen LogP contribution < -0.4 is 11.1 Å². The Kier molecular flexibility index (Phi) is 5.07. The van der Waals surface area contributed by atoms with Crippen molar-refractivity contribution < 1.29 is 23.5 Å². The average Bonchev–Trinajstić information content (AvgIpc) is 2.97. The van der Waals surface area contributed by atoms with Gasteiger partial charge in [-0.25, -0.2) is 9.59 Å². The molecular weight excluding hydrogens is 395 g/mol. The van der Waals surface area contributed by atoms with Gasteiger partial charge in [0.1, 0.15) is 11.3 Å². The molecular formula is C18H12Cl2N2O5. The Labute approximate surface area is 163 Å². The van der Waals surface area contributed by atoms with Crippen molar-refractivity contribution in [2.24, 2.45) is 5.73 Å². The second kappa shape index (κ2) is 7.30. The minimum Gasteiger partial charge on any atom is -0.465 e. The molecule has 138 valence electrons. The van der Waals surface area contributed by atoms with Gasteiger partial charge in [0.25, 0.3) is 0 Å². The highest BCUT2D eigenvalue weighted by Gasteiger charge is 2.25. The summed E-state index contributed by atoms with van der Waals surface area (Å²) < 4.78 is 10.3. The highest BCUT2D eigenvalue weighted by molar-refractivity contribution is 6.37. The Bertz CT molecular complexity index is 1090. The number of ether oxygens (including phenoxy) is 1. The normalized spacial score (nSPS) is 10.6. The number of urea groups is 1. The lowest BCUT2D eigenvalue weighted by Gasteiger charge is -2.05. The van der Waals surface area contributed by atoms with Crippen molar-refractivity contribution in [3.63, 3.8) is 0 Å². The van der Waals surface area contributed by atoms with Crippen LogP contribution in [0.4, 0.5) is 10.5 Å². The number of furan rings is 1. The number of amides is 2. The van der Waals surface area contributed by atoms with Gasteiger partial charge in [0.2, 0.25) is 5.78 Å². The molecule has 3 N–H and O–H groups in total. The zero-order chi connectivity index (χ0) is 19.7.